The number of piperidine rings is 1. The van der Waals surface area contributed by atoms with Crippen LogP contribution < -0.4 is 10.6 Å². The summed E-state index contributed by atoms with van der Waals surface area (Å²) in [5.74, 6) is 2.95. The minimum Gasteiger partial charge on any atom is -0.356 e. The molecule has 1 heterocycles. The number of rotatable bonds is 6. The fourth-order valence-electron chi connectivity index (χ4n) is 2.24. The van der Waals surface area contributed by atoms with E-state index in [1.54, 1.807) is 0 Å². The van der Waals surface area contributed by atoms with Crippen LogP contribution in [0.2, 0.25) is 0 Å². The summed E-state index contributed by atoms with van der Waals surface area (Å²) in [4.78, 5) is 6.65. The number of likely N-dealkylation sites (tertiary alicyclic amines) is 1. The number of aliphatic imine (C=N–C) groups is 1. The molecule has 0 bridgehead atoms. The van der Waals surface area contributed by atoms with Crippen molar-refractivity contribution in [3.8, 4) is 0 Å². The highest BCUT2D eigenvalue weighted by atomic mass is 32.2. The largest absolute Gasteiger partial charge is 0.356 e. The van der Waals surface area contributed by atoms with Gasteiger partial charge < -0.3 is 15.5 Å². The van der Waals surface area contributed by atoms with Crippen LogP contribution in [0.15, 0.2) is 4.99 Å². The van der Waals surface area contributed by atoms with E-state index < -0.39 is 0 Å². The molecule has 1 fully saturated rings. The molecule has 0 unspecified atom stereocenters. The minimum atomic E-state index is 0.887. The van der Waals surface area contributed by atoms with Gasteiger partial charge in [0.25, 0.3) is 0 Å². The van der Waals surface area contributed by atoms with Crippen LogP contribution >= 0.6 is 11.8 Å². The minimum absolute atomic E-state index is 0.887. The van der Waals surface area contributed by atoms with Crippen molar-refractivity contribution in [3.63, 3.8) is 0 Å². The molecule has 0 aliphatic carbocycles. The van der Waals surface area contributed by atoms with Gasteiger partial charge in [0.05, 0.1) is 0 Å². The molecule has 1 aliphatic heterocycles. The van der Waals surface area contributed by atoms with Gasteiger partial charge >= 0.3 is 0 Å². The highest BCUT2D eigenvalue weighted by Crippen LogP contribution is 2.18. The van der Waals surface area contributed by atoms with E-state index in [2.05, 4.69) is 33.8 Å². The Labute approximate surface area is 116 Å². The van der Waals surface area contributed by atoms with Gasteiger partial charge in [0.1, 0.15) is 0 Å². The number of nitrogens with one attached hydrogen (secondary N) is 2. The van der Waals surface area contributed by atoms with Crippen LogP contribution in [0.25, 0.3) is 0 Å². The van der Waals surface area contributed by atoms with E-state index in [1.165, 1.54) is 32.4 Å². The molecule has 0 radical (unpaired) electrons. The normalized spacial score (nSPS) is 18.9. The van der Waals surface area contributed by atoms with Crippen molar-refractivity contribution < 1.29 is 0 Å². The van der Waals surface area contributed by atoms with Crippen molar-refractivity contribution in [1.82, 2.24) is 15.5 Å². The van der Waals surface area contributed by atoms with Gasteiger partial charge in [-0.3, -0.25) is 4.99 Å². The van der Waals surface area contributed by atoms with Gasteiger partial charge in [-0.15, -0.1) is 0 Å². The predicted octanol–water partition coefficient (Wildman–Crippen LogP) is 1.25. The highest BCUT2D eigenvalue weighted by molar-refractivity contribution is 7.98. The molecule has 0 spiro atoms. The Morgan fingerprint density at radius 3 is 2.56 bits per heavy atom. The SMILES string of the molecule is CN=C(NCCSC)NCCC1CCN(C)CC1. The molecular formula is C13H28N4S. The van der Waals surface area contributed by atoms with E-state index in [0.29, 0.717) is 0 Å². The molecule has 1 saturated heterocycles. The lowest BCUT2D eigenvalue weighted by atomic mass is 9.94. The van der Waals surface area contributed by atoms with Gasteiger partial charge in [0, 0.05) is 25.9 Å². The van der Waals surface area contributed by atoms with Crippen molar-refractivity contribution in [2.45, 2.75) is 19.3 Å². The van der Waals surface area contributed by atoms with Crippen LogP contribution in [-0.4, -0.2) is 63.1 Å². The van der Waals surface area contributed by atoms with Gasteiger partial charge in [-0.05, 0) is 51.6 Å². The summed E-state index contributed by atoms with van der Waals surface area (Å²) in [7, 11) is 4.05. The molecule has 106 valence electrons. The maximum Gasteiger partial charge on any atom is 0.191 e. The Morgan fingerprint density at radius 2 is 1.94 bits per heavy atom. The average molecular weight is 272 g/mol. The standard InChI is InChI=1S/C13H28N4S/c1-14-13(16-8-11-18-3)15-7-4-12-5-9-17(2)10-6-12/h12H,4-11H2,1-3H3,(H2,14,15,16). The summed E-state index contributed by atoms with van der Waals surface area (Å²) < 4.78 is 0. The average Bonchev–Trinajstić information content (AvgIpc) is 2.39. The maximum atomic E-state index is 4.23. The Morgan fingerprint density at radius 1 is 1.28 bits per heavy atom. The summed E-state index contributed by atoms with van der Waals surface area (Å²) >= 11 is 1.85. The first-order chi connectivity index (χ1) is 8.76. The molecule has 0 atom stereocenters. The molecule has 5 heteroatoms. The lowest BCUT2D eigenvalue weighted by Crippen LogP contribution is -2.40. The van der Waals surface area contributed by atoms with E-state index in [-0.39, 0.29) is 0 Å². The van der Waals surface area contributed by atoms with Gasteiger partial charge in [0.15, 0.2) is 5.96 Å². The summed E-state index contributed by atoms with van der Waals surface area (Å²) in [6.45, 7) is 4.53. The fourth-order valence-corrected chi connectivity index (χ4v) is 2.54. The van der Waals surface area contributed by atoms with E-state index >= 15 is 0 Å². The molecule has 0 aromatic rings. The predicted molar refractivity (Wildman–Crippen MR) is 82.6 cm³/mol. The number of hydrogen-bond donors (Lipinski definition) is 2. The van der Waals surface area contributed by atoms with Crippen molar-refractivity contribution in [1.29, 1.82) is 0 Å². The van der Waals surface area contributed by atoms with Crippen LogP contribution in [0, 0.1) is 5.92 Å². The van der Waals surface area contributed by atoms with Crippen LogP contribution in [0.5, 0.6) is 0 Å². The third kappa shape index (κ3) is 6.50. The van der Waals surface area contributed by atoms with Gasteiger partial charge in [-0.25, -0.2) is 0 Å². The summed E-state index contributed by atoms with van der Waals surface area (Å²) in [6, 6.07) is 0. The van der Waals surface area contributed by atoms with E-state index in [1.807, 2.05) is 18.8 Å². The molecule has 0 amide bonds. The summed E-state index contributed by atoms with van der Waals surface area (Å²) in [5.41, 5.74) is 0. The summed E-state index contributed by atoms with van der Waals surface area (Å²) in [5, 5.41) is 6.73. The molecule has 4 nitrogen and oxygen atoms in total. The Kier molecular flexibility index (Phi) is 8.25. The zero-order valence-corrected chi connectivity index (χ0v) is 12.9. The summed E-state index contributed by atoms with van der Waals surface area (Å²) in [6.07, 6.45) is 6.07. The maximum absolute atomic E-state index is 4.23. The Bertz CT molecular complexity index is 237. The van der Waals surface area contributed by atoms with E-state index in [4.69, 9.17) is 0 Å². The van der Waals surface area contributed by atoms with Gasteiger partial charge in [0.2, 0.25) is 0 Å². The lowest BCUT2D eigenvalue weighted by Gasteiger charge is -2.29. The quantitative estimate of drug-likeness (QED) is 0.434. The lowest BCUT2D eigenvalue weighted by molar-refractivity contribution is 0.213. The van der Waals surface area contributed by atoms with E-state index in [0.717, 1.165) is 30.7 Å². The smallest absolute Gasteiger partial charge is 0.191 e. The van der Waals surface area contributed by atoms with Crippen molar-refractivity contribution in [3.05, 3.63) is 0 Å². The second kappa shape index (κ2) is 9.50. The number of guanidine groups is 1. The molecule has 1 aliphatic rings. The molecule has 2 N–H and O–H groups in total. The third-order valence-corrected chi connectivity index (χ3v) is 4.12. The third-order valence-electron chi connectivity index (χ3n) is 3.51. The molecular weight excluding hydrogens is 244 g/mol. The van der Waals surface area contributed by atoms with Crippen molar-refractivity contribution in [2.75, 3.05) is 52.3 Å². The zero-order valence-electron chi connectivity index (χ0n) is 12.0. The zero-order chi connectivity index (χ0) is 13.2. The second-order valence-corrected chi connectivity index (χ2v) is 5.94. The van der Waals surface area contributed by atoms with Crippen LogP contribution in [0.3, 0.4) is 0 Å². The number of nitrogens with zero attached hydrogens (tertiary/aromatic N) is 2. The first-order valence-electron chi connectivity index (χ1n) is 6.88. The van der Waals surface area contributed by atoms with Gasteiger partial charge in [-0.1, -0.05) is 0 Å². The molecule has 0 aromatic heterocycles. The topological polar surface area (TPSA) is 39.7 Å². The van der Waals surface area contributed by atoms with Crippen LogP contribution in [0.1, 0.15) is 19.3 Å². The highest BCUT2D eigenvalue weighted by Gasteiger charge is 2.15. The first kappa shape index (κ1) is 15.6. The number of hydrogen-bond acceptors (Lipinski definition) is 3. The molecule has 1 rings (SSSR count). The van der Waals surface area contributed by atoms with Crippen molar-refractivity contribution in [2.24, 2.45) is 10.9 Å². The Balaban J connectivity index is 2.08. The van der Waals surface area contributed by atoms with Gasteiger partial charge in [-0.2, -0.15) is 11.8 Å². The molecule has 0 aromatic carbocycles. The van der Waals surface area contributed by atoms with Crippen LogP contribution in [-0.2, 0) is 0 Å². The van der Waals surface area contributed by atoms with E-state index in [9.17, 15) is 0 Å². The first-order valence-corrected chi connectivity index (χ1v) is 8.27. The van der Waals surface area contributed by atoms with Crippen LogP contribution in [0.4, 0.5) is 0 Å². The second-order valence-electron chi connectivity index (χ2n) is 4.95. The number of thioether (sulfide) groups is 1. The fraction of sp³-hybridized carbons (Fsp3) is 0.923. The molecule has 0 saturated carbocycles. The Hall–Kier alpha value is -0.420. The monoisotopic (exact) mass is 272 g/mol. The molecule has 18 heavy (non-hydrogen) atoms. The van der Waals surface area contributed by atoms with Crippen molar-refractivity contribution >= 4 is 17.7 Å².